The zero-order chi connectivity index (χ0) is 14.5. The van der Waals surface area contributed by atoms with Crippen LogP contribution in [0.25, 0.3) is 10.4 Å². The Morgan fingerprint density at radius 1 is 1.10 bits per heavy atom. The number of benzene rings is 1. The Labute approximate surface area is 127 Å². The van der Waals surface area contributed by atoms with Crippen molar-refractivity contribution in [2.45, 2.75) is 46.6 Å². The van der Waals surface area contributed by atoms with E-state index in [1.54, 1.807) is 0 Å². The van der Waals surface area contributed by atoms with Crippen LogP contribution in [0.4, 0.5) is 0 Å². The van der Waals surface area contributed by atoms with Crippen LogP contribution in [0.1, 0.15) is 48.7 Å². The molecule has 20 heavy (non-hydrogen) atoms. The quantitative estimate of drug-likeness (QED) is 0.741. The zero-order valence-electron chi connectivity index (χ0n) is 13.0. The largest absolute Gasteiger partial charge is 0.310 e. The molecule has 0 amide bonds. The van der Waals surface area contributed by atoms with Crippen LogP contribution in [0.15, 0.2) is 30.3 Å². The van der Waals surface area contributed by atoms with Crippen LogP contribution >= 0.6 is 11.3 Å². The lowest BCUT2D eigenvalue weighted by Crippen LogP contribution is -2.19. The van der Waals surface area contributed by atoms with Gasteiger partial charge in [-0.25, -0.2) is 0 Å². The van der Waals surface area contributed by atoms with Gasteiger partial charge in [-0.1, -0.05) is 44.0 Å². The summed E-state index contributed by atoms with van der Waals surface area (Å²) in [4.78, 5) is 2.85. The smallest absolute Gasteiger partial charge is 0.0414 e. The molecule has 0 fully saturated rings. The molecule has 1 aromatic heterocycles. The number of rotatable bonds is 6. The fourth-order valence-corrected chi connectivity index (χ4v) is 3.86. The lowest BCUT2D eigenvalue weighted by Gasteiger charge is -2.15. The molecule has 2 rings (SSSR count). The molecule has 2 aromatic rings. The highest BCUT2D eigenvalue weighted by atomic mass is 32.1. The Morgan fingerprint density at radius 2 is 1.90 bits per heavy atom. The molecule has 0 aliphatic carbocycles. The summed E-state index contributed by atoms with van der Waals surface area (Å²) in [5.74, 6) is 0. The first-order valence-corrected chi connectivity index (χ1v) is 8.38. The first-order valence-electron chi connectivity index (χ1n) is 7.56. The van der Waals surface area contributed by atoms with Crippen LogP contribution in [0.2, 0.25) is 0 Å². The predicted molar refractivity (Wildman–Crippen MR) is 90.6 cm³/mol. The minimum atomic E-state index is 0.509. The molecule has 108 valence electrons. The molecule has 1 heterocycles. The molecule has 0 bridgehead atoms. The van der Waals surface area contributed by atoms with Gasteiger partial charge >= 0.3 is 0 Å². The van der Waals surface area contributed by atoms with E-state index < -0.39 is 0 Å². The van der Waals surface area contributed by atoms with Gasteiger partial charge in [0.05, 0.1) is 0 Å². The van der Waals surface area contributed by atoms with Crippen molar-refractivity contribution in [3.63, 3.8) is 0 Å². The normalized spacial score (nSPS) is 12.6. The highest BCUT2D eigenvalue weighted by Gasteiger charge is 2.13. The van der Waals surface area contributed by atoms with Gasteiger partial charge in [0.25, 0.3) is 0 Å². The average Bonchev–Trinajstić information content (AvgIpc) is 2.88. The number of aryl methyl sites for hydroxylation is 2. The van der Waals surface area contributed by atoms with Crippen molar-refractivity contribution in [2.75, 3.05) is 6.54 Å². The number of hydrogen-bond donors (Lipinski definition) is 1. The summed E-state index contributed by atoms with van der Waals surface area (Å²) in [6, 6.07) is 11.8. The standard InChI is InChI=1S/C18H25NS/c1-5-7-16(19-6-2)18-11-10-17(20-18)15-9-8-13(3)12-14(15)4/h8-12,16,19H,5-7H2,1-4H3. The van der Waals surface area contributed by atoms with E-state index in [1.807, 2.05) is 11.3 Å². The van der Waals surface area contributed by atoms with Crippen molar-refractivity contribution < 1.29 is 0 Å². The average molecular weight is 287 g/mol. The van der Waals surface area contributed by atoms with Crippen molar-refractivity contribution in [3.8, 4) is 10.4 Å². The van der Waals surface area contributed by atoms with Crippen LogP contribution in [0.3, 0.4) is 0 Å². The molecule has 1 N–H and O–H groups in total. The maximum absolute atomic E-state index is 3.60. The van der Waals surface area contributed by atoms with Gasteiger partial charge in [-0.05, 0) is 50.1 Å². The second-order valence-corrected chi connectivity index (χ2v) is 6.53. The molecule has 1 aromatic carbocycles. The summed E-state index contributed by atoms with van der Waals surface area (Å²) in [5, 5.41) is 3.60. The molecule has 2 heteroatoms. The fraction of sp³-hybridized carbons (Fsp3) is 0.444. The van der Waals surface area contributed by atoms with E-state index in [1.165, 1.54) is 39.3 Å². The maximum Gasteiger partial charge on any atom is 0.0414 e. The van der Waals surface area contributed by atoms with Gasteiger partial charge in [0, 0.05) is 15.8 Å². The van der Waals surface area contributed by atoms with Crippen molar-refractivity contribution in [1.29, 1.82) is 0 Å². The molecule has 1 atom stereocenters. The Balaban J connectivity index is 2.27. The van der Waals surface area contributed by atoms with Gasteiger partial charge in [0.1, 0.15) is 0 Å². The molecular weight excluding hydrogens is 262 g/mol. The van der Waals surface area contributed by atoms with Crippen LogP contribution in [0, 0.1) is 13.8 Å². The van der Waals surface area contributed by atoms with E-state index in [4.69, 9.17) is 0 Å². The SMILES string of the molecule is CCCC(NCC)c1ccc(-c2ccc(C)cc2C)s1. The summed E-state index contributed by atoms with van der Waals surface area (Å²) >= 11 is 1.93. The summed E-state index contributed by atoms with van der Waals surface area (Å²) in [5.41, 5.74) is 4.08. The molecule has 0 saturated heterocycles. The first kappa shape index (κ1) is 15.3. The van der Waals surface area contributed by atoms with Gasteiger partial charge in [0.15, 0.2) is 0 Å². The van der Waals surface area contributed by atoms with Gasteiger partial charge in [-0.2, -0.15) is 0 Å². The molecule has 1 nitrogen and oxygen atoms in total. The number of hydrogen-bond acceptors (Lipinski definition) is 2. The molecule has 0 spiro atoms. The molecule has 0 aliphatic rings. The maximum atomic E-state index is 3.60. The third kappa shape index (κ3) is 3.50. The summed E-state index contributed by atoms with van der Waals surface area (Å²) in [6.45, 7) is 9.82. The van der Waals surface area contributed by atoms with Crippen LogP contribution in [-0.2, 0) is 0 Å². The van der Waals surface area contributed by atoms with Crippen LogP contribution < -0.4 is 5.32 Å². The Kier molecular flexibility index (Phi) is 5.38. The van der Waals surface area contributed by atoms with Crippen molar-refractivity contribution in [3.05, 3.63) is 46.3 Å². The van der Waals surface area contributed by atoms with Gasteiger partial charge in [0.2, 0.25) is 0 Å². The van der Waals surface area contributed by atoms with E-state index in [-0.39, 0.29) is 0 Å². The lowest BCUT2D eigenvalue weighted by molar-refractivity contribution is 0.516. The van der Waals surface area contributed by atoms with Crippen molar-refractivity contribution >= 4 is 11.3 Å². The van der Waals surface area contributed by atoms with Gasteiger partial charge in [-0.15, -0.1) is 11.3 Å². The van der Waals surface area contributed by atoms with Crippen LogP contribution in [-0.4, -0.2) is 6.54 Å². The fourth-order valence-electron chi connectivity index (χ4n) is 2.65. The minimum absolute atomic E-state index is 0.509. The summed E-state index contributed by atoms with van der Waals surface area (Å²) in [6.07, 6.45) is 2.43. The second kappa shape index (κ2) is 7.05. The van der Waals surface area contributed by atoms with E-state index in [9.17, 15) is 0 Å². The summed E-state index contributed by atoms with van der Waals surface area (Å²) < 4.78 is 0. The Hall–Kier alpha value is -1.12. The monoisotopic (exact) mass is 287 g/mol. The highest BCUT2D eigenvalue weighted by Crippen LogP contribution is 2.34. The molecule has 0 radical (unpaired) electrons. The van der Waals surface area contributed by atoms with Gasteiger partial charge in [-0.3, -0.25) is 0 Å². The first-order chi connectivity index (χ1) is 9.65. The molecule has 0 aliphatic heterocycles. The Bertz CT molecular complexity index is 550. The van der Waals surface area contributed by atoms with Crippen molar-refractivity contribution in [1.82, 2.24) is 5.32 Å². The second-order valence-electron chi connectivity index (χ2n) is 5.42. The lowest BCUT2D eigenvalue weighted by atomic mass is 10.0. The molecular formula is C18H25NS. The summed E-state index contributed by atoms with van der Waals surface area (Å²) in [7, 11) is 0. The minimum Gasteiger partial charge on any atom is -0.310 e. The van der Waals surface area contributed by atoms with E-state index in [2.05, 4.69) is 63.3 Å². The van der Waals surface area contributed by atoms with Crippen molar-refractivity contribution in [2.24, 2.45) is 0 Å². The number of thiophene rings is 1. The topological polar surface area (TPSA) is 12.0 Å². The molecule has 0 saturated carbocycles. The predicted octanol–water partition coefficient (Wildman–Crippen LogP) is 5.48. The molecule has 1 unspecified atom stereocenters. The van der Waals surface area contributed by atoms with Gasteiger partial charge < -0.3 is 5.32 Å². The highest BCUT2D eigenvalue weighted by molar-refractivity contribution is 7.15. The third-order valence-electron chi connectivity index (χ3n) is 3.65. The zero-order valence-corrected chi connectivity index (χ0v) is 13.8. The van der Waals surface area contributed by atoms with E-state index in [0.717, 1.165) is 6.54 Å². The van der Waals surface area contributed by atoms with Crippen LogP contribution in [0.5, 0.6) is 0 Å². The van der Waals surface area contributed by atoms with E-state index in [0.29, 0.717) is 6.04 Å². The Morgan fingerprint density at radius 3 is 2.55 bits per heavy atom. The third-order valence-corrected chi connectivity index (χ3v) is 4.88. The van der Waals surface area contributed by atoms with E-state index >= 15 is 0 Å². The number of nitrogens with one attached hydrogen (secondary N) is 1.